The summed E-state index contributed by atoms with van der Waals surface area (Å²) >= 11 is 0. The lowest BCUT2D eigenvalue weighted by molar-refractivity contribution is 0.261. The van der Waals surface area contributed by atoms with Gasteiger partial charge in [0.2, 0.25) is 10.0 Å². The van der Waals surface area contributed by atoms with Crippen LogP contribution in [0.15, 0.2) is 29.2 Å². The lowest BCUT2D eigenvalue weighted by Gasteiger charge is -2.31. The van der Waals surface area contributed by atoms with Crippen molar-refractivity contribution in [2.45, 2.75) is 31.1 Å². The van der Waals surface area contributed by atoms with Gasteiger partial charge in [0.15, 0.2) is 0 Å². The van der Waals surface area contributed by atoms with E-state index in [4.69, 9.17) is 5.73 Å². The van der Waals surface area contributed by atoms with Crippen LogP contribution >= 0.6 is 0 Å². The van der Waals surface area contributed by atoms with Crippen molar-refractivity contribution in [2.24, 2.45) is 5.92 Å². The summed E-state index contributed by atoms with van der Waals surface area (Å²) in [6.07, 6.45) is 3.10. The third-order valence-corrected chi connectivity index (χ3v) is 5.42. The molecular weight excluding hydrogens is 248 g/mol. The molecule has 100 valence electrons. The minimum absolute atomic E-state index is 0.305. The molecule has 1 heterocycles. The summed E-state index contributed by atoms with van der Waals surface area (Å²) < 4.78 is 26.5. The highest BCUT2D eigenvalue weighted by molar-refractivity contribution is 7.89. The largest absolute Gasteiger partial charge is 0.399 e. The van der Waals surface area contributed by atoms with Crippen molar-refractivity contribution in [3.05, 3.63) is 24.3 Å². The standard InChI is InChI=1S/C13H20N2O2S/c1-2-11-5-4-8-15(10-11)18(16,17)13-7-3-6-12(14)9-13/h3,6-7,9,11H,2,4-5,8,10,14H2,1H3. The zero-order valence-electron chi connectivity index (χ0n) is 10.7. The van der Waals surface area contributed by atoms with Gasteiger partial charge in [-0.05, 0) is 37.0 Å². The van der Waals surface area contributed by atoms with Gasteiger partial charge in [-0.2, -0.15) is 4.31 Å². The Kier molecular flexibility index (Phi) is 3.92. The van der Waals surface area contributed by atoms with E-state index in [0.29, 0.717) is 29.6 Å². The van der Waals surface area contributed by atoms with Gasteiger partial charge in [-0.1, -0.05) is 19.4 Å². The van der Waals surface area contributed by atoms with Crippen LogP contribution in [0.25, 0.3) is 0 Å². The van der Waals surface area contributed by atoms with E-state index in [1.54, 1.807) is 22.5 Å². The molecule has 0 amide bonds. The highest BCUT2D eigenvalue weighted by Crippen LogP contribution is 2.25. The number of nitrogen functional groups attached to an aromatic ring is 1. The predicted molar refractivity (Wildman–Crippen MR) is 72.6 cm³/mol. The number of sulfonamides is 1. The Morgan fingerprint density at radius 3 is 2.89 bits per heavy atom. The van der Waals surface area contributed by atoms with Crippen LogP contribution in [0.4, 0.5) is 5.69 Å². The molecule has 2 rings (SSSR count). The Bertz CT molecular complexity index is 513. The second-order valence-corrected chi connectivity index (χ2v) is 6.79. The molecule has 1 aromatic carbocycles. The Morgan fingerprint density at radius 2 is 2.22 bits per heavy atom. The molecule has 1 aromatic rings. The van der Waals surface area contributed by atoms with Gasteiger partial charge in [-0.25, -0.2) is 8.42 Å². The zero-order valence-corrected chi connectivity index (χ0v) is 11.5. The molecule has 4 nitrogen and oxygen atoms in total. The maximum atomic E-state index is 12.5. The second kappa shape index (κ2) is 5.28. The van der Waals surface area contributed by atoms with Gasteiger partial charge in [-0.3, -0.25) is 0 Å². The molecule has 0 bridgehead atoms. The van der Waals surface area contributed by atoms with Crippen molar-refractivity contribution in [1.82, 2.24) is 4.31 Å². The van der Waals surface area contributed by atoms with Gasteiger partial charge in [-0.15, -0.1) is 0 Å². The number of nitrogens with two attached hydrogens (primary N) is 1. The Labute approximate surface area is 109 Å². The summed E-state index contributed by atoms with van der Waals surface area (Å²) in [5, 5.41) is 0. The highest BCUT2D eigenvalue weighted by atomic mass is 32.2. The fourth-order valence-corrected chi connectivity index (χ4v) is 4.01. The van der Waals surface area contributed by atoms with Crippen molar-refractivity contribution >= 4 is 15.7 Å². The number of rotatable bonds is 3. The molecule has 0 aliphatic carbocycles. The number of benzene rings is 1. The van der Waals surface area contributed by atoms with Crippen LogP contribution < -0.4 is 5.73 Å². The second-order valence-electron chi connectivity index (χ2n) is 4.85. The minimum atomic E-state index is -3.37. The minimum Gasteiger partial charge on any atom is -0.399 e. The van der Waals surface area contributed by atoms with Crippen molar-refractivity contribution in [3.63, 3.8) is 0 Å². The van der Waals surface area contributed by atoms with E-state index in [1.165, 1.54) is 6.07 Å². The fraction of sp³-hybridized carbons (Fsp3) is 0.538. The third kappa shape index (κ3) is 2.67. The van der Waals surface area contributed by atoms with Gasteiger partial charge in [0, 0.05) is 18.8 Å². The van der Waals surface area contributed by atoms with Crippen LogP contribution in [0.3, 0.4) is 0 Å². The van der Waals surface area contributed by atoms with Crippen molar-refractivity contribution < 1.29 is 8.42 Å². The Balaban J connectivity index is 2.25. The predicted octanol–water partition coefficient (Wildman–Crippen LogP) is 2.08. The molecule has 5 heteroatoms. The smallest absolute Gasteiger partial charge is 0.243 e. The third-order valence-electron chi connectivity index (χ3n) is 3.55. The monoisotopic (exact) mass is 268 g/mol. The number of piperidine rings is 1. The molecular formula is C13H20N2O2S. The molecule has 1 aliphatic heterocycles. The quantitative estimate of drug-likeness (QED) is 0.854. The van der Waals surface area contributed by atoms with Crippen LogP contribution in [-0.2, 0) is 10.0 Å². The van der Waals surface area contributed by atoms with E-state index in [-0.39, 0.29) is 0 Å². The number of nitrogens with zero attached hydrogens (tertiary/aromatic N) is 1. The molecule has 0 radical (unpaired) electrons. The van der Waals surface area contributed by atoms with Crippen LogP contribution in [0, 0.1) is 5.92 Å². The number of hydrogen-bond donors (Lipinski definition) is 1. The summed E-state index contributed by atoms with van der Waals surface area (Å²) in [5.74, 6) is 0.481. The summed E-state index contributed by atoms with van der Waals surface area (Å²) in [6, 6.07) is 6.53. The average molecular weight is 268 g/mol. The van der Waals surface area contributed by atoms with E-state index in [0.717, 1.165) is 19.3 Å². The van der Waals surface area contributed by atoms with E-state index in [9.17, 15) is 8.42 Å². The first-order valence-electron chi connectivity index (χ1n) is 6.39. The maximum Gasteiger partial charge on any atom is 0.243 e. The SMILES string of the molecule is CCC1CCCN(S(=O)(=O)c2cccc(N)c2)C1. The average Bonchev–Trinajstić information content (AvgIpc) is 2.39. The molecule has 1 unspecified atom stereocenters. The van der Waals surface area contributed by atoms with Crippen molar-refractivity contribution in [3.8, 4) is 0 Å². The lowest BCUT2D eigenvalue weighted by Crippen LogP contribution is -2.39. The van der Waals surface area contributed by atoms with E-state index < -0.39 is 10.0 Å². The molecule has 1 fully saturated rings. The van der Waals surface area contributed by atoms with Crippen LogP contribution in [0.2, 0.25) is 0 Å². The zero-order chi connectivity index (χ0) is 13.2. The number of anilines is 1. The van der Waals surface area contributed by atoms with Crippen molar-refractivity contribution in [1.29, 1.82) is 0 Å². The van der Waals surface area contributed by atoms with Crippen LogP contribution in [0.1, 0.15) is 26.2 Å². The van der Waals surface area contributed by atoms with Crippen LogP contribution in [0.5, 0.6) is 0 Å². The van der Waals surface area contributed by atoms with E-state index in [2.05, 4.69) is 6.92 Å². The lowest BCUT2D eigenvalue weighted by atomic mass is 9.97. The van der Waals surface area contributed by atoms with Crippen molar-refractivity contribution in [2.75, 3.05) is 18.8 Å². The molecule has 2 N–H and O–H groups in total. The topological polar surface area (TPSA) is 63.4 Å². The van der Waals surface area contributed by atoms with E-state index >= 15 is 0 Å². The highest BCUT2D eigenvalue weighted by Gasteiger charge is 2.29. The molecule has 0 saturated carbocycles. The van der Waals surface area contributed by atoms with Gasteiger partial charge in [0.25, 0.3) is 0 Å². The molecule has 1 atom stereocenters. The summed E-state index contributed by atoms with van der Waals surface area (Å²) in [4.78, 5) is 0.305. The van der Waals surface area contributed by atoms with Crippen LogP contribution in [-0.4, -0.2) is 25.8 Å². The Morgan fingerprint density at radius 1 is 1.44 bits per heavy atom. The molecule has 0 aromatic heterocycles. The fourth-order valence-electron chi connectivity index (χ4n) is 2.40. The Hall–Kier alpha value is -1.07. The first-order chi connectivity index (χ1) is 8.54. The van der Waals surface area contributed by atoms with Gasteiger partial charge in [0.05, 0.1) is 4.90 Å². The van der Waals surface area contributed by atoms with Gasteiger partial charge in [0.1, 0.15) is 0 Å². The van der Waals surface area contributed by atoms with Gasteiger partial charge < -0.3 is 5.73 Å². The van der Waals surface area contributed by atoms with E-state index in [1.807, 2.05) is 0 Å². The normalized spacial score (nSPS) is 21.9. The molecule has 0 spiro atoms. The number of hydrogen-bond acceptors (Lipinski definition) is 3. The summed E-state index contributed by atoms with van der Waals surface area (Å²) in [5.41, 5.74) is 6.14. The summed E-state index contributed by atoms with van der Waals surface area (Å²) in [7, 11) is -3.37. The molecule has 18 heavy (non-hydrogen) atoms. The molecule has 1 aliphatic rings. The van der Waals surface area contributed by atoms with Gasteiger partial charge >= 0.3 is 0 Å². The molecule has 1 saturated heterocycles. The first-order valence-corrected chi connectivity index (χ1v) is 7.83. The maximum absolute atomic E-state index is 12.5. The first kappa shape index (κ1) is 13.4. The summed E-state index contributed by atoms with van der Waals surface area (Å²) in [6.45, 7) is 3.36.